The highest BCUT2D eigenvalue weighted by Gasteiger charge is 2.32. The fourth-order valence-electron chi connectivity index (χ4n) is 4.58. The van der Waals surface area contributed by atoms with Crippen LogP contribution in [0.2, 0.25) is 0 Å². The molecule has 2 atom stereocenters. The van der Waals surface area contributed by atoms with Crippen LogP contribution in [-0.4, -0.2) is 55.0 Å². The van der Waals surface area contributed by atoms with Gasteiger partial charge in [-0.3, -0.25) is 4.79 Å². The Labute approximate surface area is 134 Å². The number of nitrogens with one attached hydrogen (secondary N) is 1. The van der Waals surface area contributed by atoms with E-state index in [4.69, 9.17) is 0 Å². The minimum Gasteiger partial charge on any atom is -0.390 e. The summed E-state index contributed by atoms with van der Waals surface area (Å²) in [6.07, 6.45) is 8.27. The van der Waals surface area contributed by atoms with Crippen LogP contribution < -0.4 is 5.32 Å². The van der Waals surface area contributed by atoms with Gasteiger partial charge in [-0.25, -0.2) is 0 Å². The molecule has 0 bridgehead atoms. The molecule has 2 saturated heterocycles. The number of amides is 1. The molecular formula is C18H31N3O. The molecule has 2 fully saturated rings. The van der Waals surface area contributed by atoms with Gasteiger partial charge in [0.1, 0.15) is 0 Å². The second kappa shape index (κ2) is 7.03. The average molecular weight is 305 g/mol. The highest BCUT2D eigenvalue weighted by atomic mass is 16.1. The lowest BCUT2D eigenvalue weighted by molar-refractivity contribution is -0.119. The summed E-state index contributed by atoms with van der Waals surface area (Å²) in [4.78, 5) is 15.5. The molecule has 0 radical (unpaired) electrons. The van der Waals surface area contributed by atoms with Gasteiger partial charge in [-0.2, -0.15) is 0 Å². The number of nitrogens with zero attached hydrogens (tertiary/aromatic N) is 2. The number of likely N-dealkylation sites (tertiary alicyclic amines) is 2. The summed E-state index contributed by atoms with van der Waals surface area (Å²) in [5.74, 6) is 2.28. The van der Waals surface area contributed by atoms with Crippen molar-refractivity contribution in [2.45, 2.75) is 45.6 Å². The van der Waals surface area contributed by atoms with Crippen LogP contribution in [0.5, 0.6) is 0 Å². The SMILES string of the molecule is CC1CNC=C1C1CCN(C(C)C2CCN(C=O)CC2)CC1. The summed E-state index contributed by atoms with van der Waals surface area (Å²) in [6.45, 7) is 10.3. The molecule has 2 unspecified atom stereocenters. The summed E-state index contributed by atoms with van der Waals surface area (Å²) in [5.41, 5.74) is 1.66. The molecule has 0 saturated carbocycles. The van der Waals surface area contributed by atoms with Gasteiger partial charge < -0.3 is 15.1 Å². The van der Waals surface area contributed by atoms with Gasteiger partial charge in [-0.15, -0.1) is 0 Å². The van der Waals surface area contributed by atoms with Gasteiger partial charge >= 0.3 is 0 Å². The third-order valence-corrected chi connectivity index (χ3v) is 6.24. The van der Waals surface area contributed by atoms with Crippen LogP contribution in [0.15, 0.2) is 11.8 Å². The summed E-state index contributed by atoms with van der Waals surface area (Å²) in [5, 5.41) is 3.41. The van der Waals surface area contributed by atoms with E-state index in [0.717, 1.165) is 43.8 Å². The first kappa shape index (κ1) is 15.9. The molecular weight excluding hydrogens is 274 g/mol. The molecule has 0 aromatic heterocycles. The molecule has 0 aliphatic carbocycles. The Morgan fingerprint density at radius 2 is 1.86 bits per heavy atom. The highest BCUT2D eigenvalue weighted by molar-refractivity contribution is 5.47. The van der Waals surface area contributed by atoms with Gasteiger partial charge in [0.2, 0.25) is 6.41 Å². The van der Waals surface area contributed by atoms with E-state index >= 15 is 0 Å². The van der Waals surface area contributed by atoms with Crippen molar-refractivity contribution >= 4 is 6.41 Å². The third-order valence-electron chi connectivity index (χ3n) is 6.24. The van der Waals surface area contributed by atoms with Crippen molar-refractivity contribution in [2.75, 3.05) is 32.7 Å². The number of hydrogen-bond donors (Lipinski definition) is 1. The van der Waals surface area contributed by atoms with Crippen LogP contribution in [-0.2, 0) is 4.79 Å². The fraction of sp³-hybridized carbons (Fsp3) is 0.833. The Balaban J connectivity index is 1.48. The van der Waals surface area contributed by atoms with E-state index in [0.29, 0.717) is 6.04 Å². The molecule has 3 heterocycles. The standard InChI is InChI=1S/C18H31N3O/c1-14-11-19-12-18(14)17-5-9-21(10-6-17)15(2)16-3-7-20(13-22)8-4-16/h12-17,19H,3-11H2,1-2H3. The predicted octanol–water partition coefficient (Wildman–Crippen LogP) is 2.08. The Morgan fingerprint density at radius 1 is 1.18 bits per heavy atom. The molecule has 3 rings (SSSR count). The molecule has 3 aliphatic heterocycles. The van der Waals surface area contributed by atoms with E-state index in [1.54, 1.807) is 5.57 Å². The van der Waals surface area contributed by atoms with E-state index < -0.39 is 0 Å². The molecule has 1 N–H and O–H groups in total. The fourth-order valence-corrected chi connectivity index (χ4v) is 4.58. The lowest BCUT2D eigenvalue weighted by Gasteiger charge is -2.42. The first-order chi connectivity index (χ1) is 10.7. The molecule has 4 nitrogen and oxygen atoms in total. The number of carbonyl (C=O) groups excluding carboxylic acids is 1. The van der Waals surface area contributed by atoms with E-state index in [1.807, 2.05) is 4.90 Å². The van der Waals surface area contributed by atoms with Gasteiger partial charge in [-0.05, 0) is 75.2 Å². The van der Waals surface area contributed by atoms with E-state index in [-0.39, 0.29) is 0 Å². The zero-order valence-corrected chi connectivity index (χ0v) is 14.1. The van der Waals surface area contributed by atoms with E-state index in [2.05, 4.69) is 30.3 Å². The zero-order chi connectivity index (χ0) is 15.5. The van der Waals surface area contributed by atoms with Gasteiger partial charge in [-0.1, -0.05) is 6.92 Å². The number of hydrogen-bond acceptors (Lipinski definition) is 3. The second-order valence-electron chi connectivity index (χ2n) is 7.48. The monoisotopic (exact) mass is 305 g/mol. The predicted molar refractivity (Wildman–Crippen MR) is 89.4 cm³/mol. The molecule has 124 valence electrons. The van der Waals surface area contributed by atoms with Crippen molar-refractivity contribution in [1.29, 1.82) is 0 Å². The molecule has 0 aromatic carbocycles. The van der Waals surface area contributed by atoms with Gasteiger partial charge in [0.15, 0.2) is 0 Å². The van der Waals surface area contributed by atoms with Gasteiger partial charge in [0, 0.05) is 25.7 Å². The summed E-state index contributed by atoms with van der Waals surface area (Å²) in [6, 6.07) is 0.669. The topological polar surface area (TPSA) is 35.6 Å². The van der Waals surface area contributed by atoms with E-state index in [9.17, 15) is 4.79 Å². The summed E-state index contributed by atoms with van der Waals surface area (Å²) >= 11 is 0. The van der Waals surface area contributed by atoms with Gasteiger partial charge in [0.25, 0.3) is 0 Å². The molecule has 3 aliphatic rings. The largest absolute Gasteiger partial charge is 0.390 e. The van der Waals surface area contributed by atoms with Crippen molar-refractivity contribution in [3.05, 3.63) is 11.8 Å². The Bertz CT molecular complexity index is 407. The van der Waals surface area contributed by atoms with Crippen molar-refractivity contribution < 1.29 is 4.79 Å². The minimum atomic E-state index is 0.669. The van der Waals surface area contributed by atoms with Crippen LogP contribution >= 0.6 is 0 Å². The molecule has 4 heteroatoms. The van der Waals surface area contributed by atoms with Crippen LogP contribution in [0.4, 0.5) is 0 Å². The quantitative estimate of drug-likeness (QED) is 0.808. The minimum absolute atomic E-state index is 0.669. The van der Waals surface area contributed by atoms with Crippen molar-refractivity contribution in [3.8, 4) is 0 Å². The first-order valence-corrected chi connectivity index (χ1v) is 9.05. The Kier molecular flexibility index (Phi) is 5.07. The van der Waals surface area contributed by atoms with Crippen LogP contribution in [0, 0.1) is 17.8 Å². The van der Waals surface area contributed by atoms with Gasteiger partial charge in [0.05, 0.1) is 0 Å². The maximum absolute atomic E-state index is 10.8. The van der Waals surface area contributed by atoms with Crippen LogP contribution in [0.25, 0.3) is 0 Å². The lowest BCUT2D eigenvalue weighted by atomic mass is 9.82. The molecule has 1 amide bonds. The second-order valence-corrected chi connectivity index (χ2v) is 7.48. The average Bonchev–Trinajstić information content (AvgIpc) is 3.00. The summed E-state index contributed by atoms with van der Waals surface area (Å²) < 4.78 is 0. The van der Waals surface area contributed by atoms with Crippen molar-refractivity contribution in [1.82, 2.24) is 15.1 Å². The Hall–Kier alpha value is -1.03. The third kappa shape index (κ3) is 3.32. The van der Waals surface area contributed by atoms with Crippen molar-refractivity contribution in [2.24, 2.45) is 17.8 Å². The first-order valence-electron chi connectivity index (χ1n) is 9.05. The summed E-state index contributed by atoms with van der Waals surface area (Å²) in [7, 11) is 0. The lowest BCUT2D eigenvalue weighted by Crippen LogP contribution is -2.47. The van der Waals surface area contributed by atoms with Crippen LogP contribution in [0.3, 0.4) is 0 Å². The normalized spacial score (nSPS) is 30.0. The Morgan fingerprint density at radius 3 is 2.41 bits per heavy atom. The number of rotatable bonds is 4. The number of piperidine rings is 2. The zero-order valence-electron chi connectivity index (χ0n) is 14.1. The maximum atomic E-state index is 10.8. The molecule has 0 spiro atoms. The van der Waals surface area contributed by atoms with E-state index in [1.165, 1.54) is 38.8 Å². The smallest absolute Gasteiger partial charge is 0.209 e. The molecule has 22 heavy (non-hydrogen) atoms. The van der Waals surface area contributed by atoms with Crippen molar-refractivity contribution in [3.63, 3.8) is 0 Å². The molecule has 0 aromatic rings. The van der Waals surface area contributed by atoms with Crippen LogP contribution in [0.1, 0.15) is 39.5 Å². The maximum Gasteiger partial charge on any atom is 0.209 e. The number of carbonyl (C=O) groups is 1. The highest BCUT2D eigenvalue weighted by Crippen LogP contribution is 2.33.